The molecule has 0 heterocycles. The van der Waals surface area contributed by atoms with Crippen molar-refractivity contribution in [2.75, 3.05) is 0 Å². The Bertz CT molecular complexity index is 1030. The summed E-state index contributed by atoms with van der Waals surface area (Å²) in [5.41, 5.74) is 9.73. The Morgan fingerprint density at radius 1 is 0.464 bits per heavy atom. The second-order valence-electron chi connectivity index (χ2n) is 7.29. The molecular weight excluding hydrogens is 340 g/mol. The minimum Gasteiger partial charge on any atom is -0.392 e. The highest BCUT2D eigenvalue weighted by atomic mass is 16.3. The van der Waals surface area contributed by atoms with Crippen molar-refractivity contribution in [2.24, 2.45) is 0 Å². The summed E-state index contributed by atoms with van der Waals surface area (Å²) in [5.74, 6) is 0. The third kappa shape index (κ3) is 4.21. The molecule has 0 saturated carbocycles. The number of rotatable bonds is 5. The van der Waals surface area contributed by atoms with E-state index in [1.54, 1.807) is 0 Å². The first kappa shape index (κ1) is 18.2. The van der Waals surface area contributed by atoms with Crippen molar-refractivity contribution in [2.45, 2.75) is 20.0 Å². The number of benzene rings is 4. The van der Waals surface area contributed by atoms with Crippen molar-refractivity contribution in [3.05, 3.63) is 119 Å². The predicted octanol–water partition coefficient (Wildman–Crippen LogP) is 6.41. The molecule has 0 bridgehead atoms. The second-order valence-corrected chi connectivity index (χ2v) is 7.29. The lowest BCUT2D eigenvalue weighted by Crippen LogP contribution is -1.89. The summed E-state index contributed by atoms with van der Waals surface area (Å²) in [4.78, 5) is 0. The fraction of sp³-hybridized carbons (Fsp3) is 0.111. The smallest absolute Gasteiger partial charge is 0.0681 e. The van der Waals surface area contributed by atoms with Crippen LogP contribution in [0.4, 0.5) is 0 Å². The molecule has 0 aliphatic heterocycles. The zero-order valence-corrected chi connectivity index (χ0v) is 16.1. The molecule has 1 heteroatoms. The van der Waals surface area contributed by atoms with Gasteiger partial charge in [0, 0.05) is 0 Å². The Morgan fingerprint density at radius 3 is 1.14 bits per heavy atom. The van der Waals surface area contributed by atoms with E-state index in [0.717, 1.165) is 12.0 Å². The van der Waals surface area contributed by atoms with Gasteiger partial charge in [-0.05, 0) is 52.3 Å². The van der Waals surface area contributed by atoms with E-state index < -0.39 is 0 Å². The van der Waals surface area contributed by atoms with E-state index in [9.17, 15) is 0 Å². The molecule has 0 amide bonds. The molecule has 4 aromatic rings. The summed E-state index contributed by atoms with van der Waals surface area (Å²) in [7, 11) is 0. The van der Waals surface area contributed by atoms with E-state index in [2.05, 4.69) is 91.9 Å². The van der Waals surface area contributed by atoms with Gasteiger partial charge < -0.3 is 5.11 Å². The van der Waals surface area contributed by atoms with Gasteiger partial charge in [-0.1, -0.05) is 103 Å². The van der Waals surface area contributed by atoms with E-state index in [4.69, 9.17) is 5.11 Å². The van der Waals surface area contributed by atoms with Gasteiger partial charge in [0.15, 0.2) is 0 Å². The monoisotopic (exact) mass is 364 g/mol. The molecule has 4 rings (SSSR count). The van der Waals surface area contributed by atoms with Crippen LogP contribution < -0.4 is 0 Å². The van der Waals surface area contributed by atoms with Crippen LogP contribution in [-0.2, 0) is 13.0 Å². The van der Waals surface area contributed by atoms with Gasteiger partial charge in [0.2, 0.25) is 0 Å². The molecule has 0 radical (unpaired) electrons. The molecule has 0 aromatic heterocycles. The number of aryl methyl sites for hydroxylation is 1. The lowest BCUT2D eigenvalue weighted by molar-refractivity contribution is 0.282. The van der Waals surface area contributed by atoms with Crippen molar-refractivity contribution in [3.8, 4) is 22.3 Å². The fourth-order valence-corrected chi connectivity index (χ4v) is 3.41. The zero-order chi connectivity index (χ0) is 19.3. The van der Waals surface area contributed by atoms with Crippen LogP contribution >= 0.6 is 0 Å². The van der Waals surface area contributed by atoms with E-state index in [-0.39, 0.29) is 6.61 Å². The van der Waals surface area contributed by atoms with Gasteiger partial charge in [0.25, 0.3) is 0 Å². The van der Waals surface area contributed by atoms with Crippen molar-refractivity contribution in [3.63, 3.8) is 0 Å². The Morgan fingerprint density at radius 2 is 0.786 bits per heavy atom. The second kappa shape index (κ2) is 8.24. The van der Waals surface area contributed by atoms with Crippen molar-refractivity contribution in [1.29, 1.82) is 0 Å². The number of hydrogen-bond donors (Lipinski definition) is 1. The van der Waals surface area contributed by atoms with E-state index in [0.29, 0.717) is 0 Å². The summed E-state index contributed by atoms with van der Waals surface area (Å²) >= 11 is 0. The van der Waals surface area contributed by atoms with Crippen LogP contribution in [0.5, 0.6) is 0 Å². The molecule has 0 fully saturated rings. The molecule has 1 nitrogen and oxygen atoms in total. The van der Waals surface area contributed by atoms with Gasteiger partial charge >= 0.3 is 0 Å². The molecule has 0 saturated heterocycles. The van der Waals surface area contributed by atoms with Crippen LogP contribution in [0.15, 0.2) is 97.1 Å². The molecule has 1 N–H and O–H groups in total. The normalized spacial score (nSPS) is 10.8. The minimum absolute atomic E-state index is 0.0852. The average Bonchev–Trinajstić information content (AvgIpc) is 2.76. The van der Waals surface area contributed by atoms with Gasteiger partial charge in [0.05, 0.1) is 6.61 Å². The Hall–Kier alpha value is -3.16. The van der Waals surface area contributed by atoms with Crippen LogP contribution in [0.2, 0.25) is 0 Å². The molecule has 0 aliphatic carbocycles. The van der Waals surface area contributed by atoms with Gasteiger partial charge in [-0.15, -0.1) is 0 Å². The van der Waals surface area contributed by atoms with Crippen molar-refractivity contribution in [1.82, 2.24) is 0 Å². The molecular formula is C27H24O. The maximum Gasteiger partial charge on any atom is 0.0681 e. The van der Waals surface area contributed by atoms with Gasteiger partial charge in [-0.3, -0.25) is 0 Å². The molecule has 138 valence electrons. The highest BCUT2D eigenvalue weighted by Gasteiger charge is 2.02. The van der Waals surface area contributed by atoms with Gasteiger partial charge in [-0.25, -0.2) is 0 Å². The van der Waals surface area contributed by atoms with E-state index in [1.165, 1.54) is 38.9 Å². The van der Waals surface area contributed by atoms with Crippen LogP contribution in [0, 0.1) is 6.92 Å². The van der Waals surface area contributed by atoms with Crippen LogP contribution in [0.1, 0.15) is 22.3 Å². The summed E-state index contributed by atoms with van der Waals surface area (Å²) in [6, 6.07) is 34.3. The van der Waals surface area contributed by atoms with Crippen LogP contribution in [-0.4, -0.2) is 5.11 Å². The highest BCUT2D eigenvalue weighted by Crippen LogP contribution is 2.23. The van der Waals surface area contributed by atoms with Crippen LogP contribution in [0.3, 0.4) is 0 Å². The highest BCUT2D eigenvalue weighted by molar-refractivity contribution is 5.65. The number of hydrogen-bond acceptors (Lipinski definition) is 1. The maximum absolute atomic E-state index is 9.17. The average molecular weight is 364 g/mol. The minimum atomic E-state index is 0.0852. The first-order valence-corrected chi connectivity index (χ1v) is 9.66. The molecule has 0 unspecified atom stereocenters. The molecule has 0 atom stereocenters. The summed E-state index contributed by atoms with van der Waals surface area (Å²) in [5, 5.41) is 9.17. The summed E-state index contributed by atoms with van der Waals surface area (Å²) in [6.07, 6.45) is 0.928. The predicted molar refractivity (Wildman–Crippen MR) is 117 cm³/mol. The fourth-order valence-electron chi connectivity index (χ4n) is 3.41. The quantitative estimate of drug-likeness (QED) is 0.434. The Labute approximate surface area is 166 Å². The van der Waals surface area contributed by atoms with Gasteiger partial charge in [0.1, 0.15) is 0 Å². The Kier molecular flexibility index (Phi) is 5.36. The third-order valence-electron chi connectivity index (χ3n) is 5.17. The zero-order valence-electron chi connectivity index (χ0n) is 16.1. The first-order chi connectivity index (χ1) is 13.7. The largest absolute Gasteiger partial charge is 0.392 e. The van der Waals surface area contributed by atoms with E-state index in [1.807, 2.05) is 12.1 Å². The Balaban J connectivity index is 1.46. The lowest BCUT2D eigenvalue weighted by atomic mass is 9.98. The molecule has 0 spiro atoms. The summed E-state index contributed by atoms with van der Waals surface area (Å²) in [6.45, 7) is 2.20. The maximum atomic E-state index is 9.17. The first-order valence-electron chi connectivity index (χ1n) is 9.66. The van der Waals surface area contributed by atoms with Gasteiger partial charge in [-0.2, -0.15) is 0 Å². The SMILES string of the molecule is Cc1ccc(-c2ccc(Cc3ccc(-c4ccc(CO)cc4)cc3)cc2)cc1. The summed E-state index contributed by atoms with van der Waals surface area (Å²) < 4.78 is 0. The topological polar surface area (TPSA) is 20.2 Å². The molecule has 4 aromatic carbocycles. The number of aliphatic hydroxyl groups is 1. The van der Waals surface area contributed by atoms with Crippen LogP contribution in [0.25, 0.3) is 22.3 Å². The lowest BCUT2D eigenvalue weighted by Gasteiger charge is -2.07. The third-order valence-corrected chi connectivity index (χ3v) is 5.17. The van der Waals surface area contributed by atoms with E-state index >= 15 is 0 Å². The molecule has 28 heavy (non-hydrogen) atoms. The number of aliphatic hydroxyl groups excluding tert-OH is 1. The molecule has 0 aliphatic rings. The standard InChI is InChI=1S/C27H24O/c1-20-2-10-24(11-3-20)25-12-4-21(5-13-25)18-22-6-14-26(15-7-22)27-16-8-23(19-28)9-17-27/h2-17,28H,18-19H2,1H3. The van der Waals surface area contributed by atoms with Crippen molar-refractivity contribution >= 4 is 0 Å². The van der Waals surface area contributed by atoms with Crippen molar-refractivity contribution < 1.29 is 5.11 Å².